The summed E-state index contributed by atoms with van der Waals surface area (Å²) in [5.74, 6) is 1.83. The average Bonchev–Trinajstić information content (AvgIpc) is 3.03. The Morgan fingerprint density at radius 3 is 2.41 bits per heavy atom. The van der Waals surface area contributed by atoms with Crippen molar-refractivity contribution in [1.29, 1.82) is 0 Å². The smallest absolute Gasteiger partial charge is 0.280 e. The number of hydrogen-bond acceptors (Lipinski definition) is 4. The number of benzene rings is 2. The Morgan fingerprint density at radius 1 is 1.11 bits per heavy atom. The van der Waals surface area contributed by atoms with E-state index in [1.165, 1.54) is 17.2 Å². The Morgan fingerprint density at radius 2 is 1.81 bits per heavy atom. The van der Waals surface area contributed by atoms with Crippen molar-refractivity contribution in [1.82, 2.24) is 5.16 Å². The number of rotatable bonds is 6. The first-order chi connectivity index (χ1) is 12.8. The predicted octanol–water partition coefficient (Wildman–Crippen LogP) is 4.58. The van der Waals surface area contributed by atoms with Crippen LogP contribution < -0.4 is 10.3 Å². The molecule has 0 unspecified atom stereocenters. The molecule has 1 heterocycles. The number of aromatic hydroxyl groups is 1. The standard InChI is InChI=1S/C22H25NO4/c1-13(2)19-9-16(5-6-21(19)24)10-20-14(3)7-17(8-15(20)4)26-12-18-11-22(25)23-27-18/h5-9,11,13,24H,10,12H2,1-4H3,(H,23,25). The number of H-pyrrole nitrogens is 1. The van der Waals surface area contributed by atoms with Crippen molar-refractivity contribution >= 4 is 0 Å². The third-order valence-corrected chi connectivity index (χ3v) is 4.72. The lowest BCUT2D eigenvalue weighted by atomic mass is 9.93. The van der Waals surface area contributed by atoms with Gasteiger partial charge in [0.1, 0.15) is 18.1 Å². The first kappa shape index (κ1) is 18.8. The molecule has 142 valence electrons. The minimum Gasteiger partial charge on any atom is -0.508 e. The van der Waals surface area contributed by atoms with Crippen molar-refractivity contribution in [3.8, 4) is 11.5 Å². The zero-order chi connectivity index (χ0) is 19.6. The van der Waals surface area contributed by atoms with E-state index < -0.39 is 0 Å². The molecule has 2 N–H and O–H groups in total. The number of aryl methyl sites for hydroxylation is 2. The third-order valence-electron chi connectivity index (χ3n) is 4.72. The molecule has 0 saturated heterocycles. The highest BCUT2D eigenvalue weighted by atomic mass is 16.5. The zero-order valence-electron chi connectivity index (χ0n) is 16.1. The van der Waals surface area contributed by atoms with Gasteiger partial charge < -0.3 is 14.4 Å². The van der Waals surface area contributed by atoms with Gasteiger partial charge in [0.15, 0.2) is 5.76 Å². The summed E-state index contributed by atoms with van der Waals surface area (Å²) in [4.78, 5) is 11.1. The van der Waals surface area contributed by atoms with E-state index in [9.17, 15) is 9.90 Å². The summed E-state index contributed by atoms with van der Waals surface area (Å²) in [6.07, 6.45) is 0.796. The van der Waals surface area contributed by atoms with E-state index >= 15 is 0 Å². The Labute approximate surface area is 158 Å². The fraction of sp³-hybridized carbons (Fsp3) is 0.318. The molecule has 0 amide bonds. The van der Waals surface area contributed by atoms with Gasteiger partial charge in [-0.1, -0.05) is 26.0 Å². The van der Waals surface area contributed by atoms with Crippen LogP contribution >= 0.6 is 0 Å². The van der Waals surface area contributed by atoms with Gasteiger partial charge in [0.25, 0.3) is 5.56 Å². The van der Waals surface area contributed by atoms with Gasteiger partial charge in [0.05, 0.1) is 6.07 Å². The van der Waals surface area contributed by atoms with Crippen molar-refractivity contribution in [2.24, 2.45) is 0 Å². The highest BCUT2D eigenvalue weighted by Gasteiger charge is 2.11. The van der Waals surface area contributed by atoms with E-state index in [0.717, 1.165) is 28.9 Å². The Balaban J connectivity index is 1.78. The Kier molecular flexibility index (Phi) is 5.40. The van der Waals surface area contributed by atoms with Crippen LogP contribution in [0.4, 0.5) is 0 Å². The monoisotopic (exact) mass is 367 g/mol. The SMILES string of the molecule is Cc1cc(OCc2cc(=O)[nH]o2)cc(C)c1Cc1ccc(O)c(C(C)C)c1. The predicted molar refractivity (Wildman–Crippen MR) is 105 cm³/mol. The second kappa shape index (κ2) is 7.74. The van der Waals surface area contributed by atoms with Crippen LogP contribution in [-0.2, 0) is 13.0 Å². The van der Waals surface area contributed by atoms with E-state index in [1.807, 2.05) is 18.2 Å². The van der Waals surface area contributed by atoms with Gasteiger partial charge in [-0.15, -0.1) is 0 Å². The van der Waals surface area contributed by atoms with Crippen LogP contribution in [0.1, 0.15) is 53.3 Å². The van der Waals surface area contributed by atoms with Crippen LogP contribution in [0.5, 0.6) is 11.5 Å². The van der Waals surface area contributed by atoms with Crippen molar-refractivity contribution in [2.75, 3.05) is 0 Å². The maximum Gasteiger partial charge on any atom is 0.280 e. The molecular weight excluding hydrogens is 342 g/mol. The molecule has 27 heavy (non-hydrogen) atoms. The van der Waals surface area contributed by atoms with Crippen molar-refractivity contribution in [3.05, 3.63) is 80.3 Å². The largest absolute Gasteiger partial charge is 0.508 e. The number of hydrogen-bond donors (Lipinski definition) is 2. The van der Waals surface area contributed by atoms with E-state index in [1.54, 1.807) is 6.07 Å². The van der Waals surface area contributed by atoms with E-state index in [2.05, 4.69) is 38.9 Å². The molecule has 5 nitrogen and oxygen atoms in total. The Hall–Kier alpha value is -2.95. The summed E-state index contributed by atoms with van der Waals surface area (Å²) < 4.78 is 10.8. The maximum atomic E-state index is 11.1. The van der Waals surface area contributed by atoms with Crippen LogP contribution in [0.15, 0.2) is 45.7 Å². The van der Waals surface area contributed by atoms with E-state index in [-0.39, 0.29) is 18.1 Å². The Bertz CT molecular complexity index is 975. The quantitative estimate of drug-likeness (QED) is 0.668. The molecule has 2 aromatic carbocycles. The summed E-state index contributed by atoms with van der Waals surface area (Å²) in [5, 5.41) is 12.3. The molecular formula is C22H25NO4. The lowest BCUT2D eigenvalue weighted by molar-refractivity contribution is 0.248. The van der Waals surface area contributed by atoms with Gasteiger partial charge in [0, 0.05) is 0 Å². The highest BCUT2D eigenvalue weighted by molar-refractivity contribution is 5.46. The summed E-state index contributed by atoms with van der Waals surface area (Å²) >= 11 is 0. The molecule has 0 atom stereocenters. The van der Waals surface area contributed by atoms with Gasteiger partial charge in [-0.2, -0.15) is 5.16 Å². The van der Waals surface area contributed by atoms with Gasteiger partial charge in [0.2, 0.25) is 0 Å². The number of aromatic nitrogens is 1. The molecule has 0 bridgehead atoms. The summed E-state index contributed by atoms with van der Waals surface area (Å²) in [6, 6.07) is 11.2. The van der Waals surface area contributed by atoms with Crippen LogP contribution in [-0.4, -0.2) is 10.3 Å². The summed E-state index contributed by atoms with van der Waals surface area (Å²) in [6.45, 7) is 8.49. The number of phenols is 1. The normalized spacial score (nSPS) is 11.1. The second-order valence-corrected chi connectivity index (χ2v) is 7.23. The molecule has 3 aromatic rings. The molecule has 0 fully saturated rings. The summed E-state index contributed by atoms with van der Waals surface area (Å²) in [7, 11) is 0. The lowest BCUT2D eigenvalue weighted by Gasteiger charge is -2.15. The van der Waals surface area contributed by atoms with Crippen LogP contribution in [0, 0.1) is 13.8 Å². The highest BCUT2D eigenvalue weighted by Crippen LogP contribution is 2.29. The second-order valence-electron chi connectivity index (χ2n) is 7.23. The molecule has 0 spiro atoms. The number of nitrogens with one attached hydrogen (secondary N) is 1. The van der Waals surface area contributed by atoms with Gasteiger partial charge in [-0.05, 0) is 72.2 Å². The van der Waals surface area contributed by atoms with Gasteiger partial charge in [-0.3, -0.25) is 4.79 Å². The molecule has 0 aliphatic rings. The van der Waals surface area contributed by atoms with Gasteiger partial charge in [-0.25, -0.2) is 0 Å². The maximum absolute atomic E-state index is 11.1. The fourth-order valence-corrected chi connectivity index (χ4v) is 3.24. The number of aromatic amines is 1. The third kappa shape index (κ3) is 4.42. The van der Waals surface area contributed by atoms with Crippen LogP contribution in [0.3, 0.4) is 0 Å². The number of phenolic OH excluding ortho intramolecular Hbond substituents is 1. The molecule has 0 radical (unpaired) electrons. The minimum absolute atomic E-state index is 0.201. The van der Waals surface area contributed by atoms with Crippen molar-refractivity contribution in [3.63, 3.8) is 0 Å². The molecule has 3 rings (SSSR count). The van der Waals surface area contributed by atoms with Crippen LogP contribution in [0.2, 0.25) is 0 Å². The lowest BCUT2D eigenvalue weighted by Crippen LogP contribution is -2.01. The molecule has 0 saturated carbocycles. The van der Waals surface area contributed by atoms with Crippen molar-refractivity contribution < 1.29 is 14.4 Å². The molecule has 1 aromatic heterocycles. The molecule has 5 heteroatoms. The van der Waals surface area contributed by atoms with E-state index in [4.69, 9.17) is 9.26 Å². The van der Waals surface area contributed by atoms with Gasteiger partial charge >= 0.3 is 0 Å². The van der Waals surface area contributed by atoms with Crippen molar-refractivity contribution in [2.45, 2.75) is 46.6 Å². The molecule has 0 aliphatic carbocycles. The number of ether oxygens (including phenoxy) is 1. The van der Waals surface area contributed by atoms with Crippen LogP contribution in [0.25, 0.3) is 0 Å². The van der Waals surface area contributed by atoms with E-state index in [0.29, 0.717) is 11.5 Å². The topological polar surface area (TPSA) is 75.5 Å². The average molecular weight is 367 g/mol. The fourth-order valence-electron chi connectivity index (χ4n) is 3.24. The first-order valence-corrected chi connectivity index (χ1v) is 9.05. The zero-order valence-corrected chi connectivity index (χ0v) is 16.1. The first-order valence-electron chi connectivity index (χ1n) is 9.05. The molecule has 0 aliphatic heterocycles. The minimum atomic E-state index is -0.272. The summed E-state index contributed by atoms with van der Waals surface area (Å²) in [5.41, 5.74) is 5.39.